The first-order valence-electron chi connectivity index (χ1n) is 15.5. The number of carbonyl (C=O) groups is 2. The summed E-state index contributed by atoms with van der Waals surface area (Å²) in [4.78, 5) is 30.0. The van der Waals surface area contributed by atoms with Crippen molar-refractivity contribution in [1.29, 1.82) is 0 Å². The zero-order valence-corrected chi connectivity index (χ0v) is 29.0. The highest BCUT2D eigenvalue weighted by atomic mass is 35.5. The summed E-state index contributed by atoms with van der Waals surface area (Å²) in [5, 5.41) is 3.39. The zero-order valence-electron chi connectivity index (χ0n) is 27.4. The second-order valence-electron chi connectivity index (χ2n) is 12.0. The number of anilines is 1. The summed E-state index contributed by atoms with van der Waals surface area (Å²) in [6, 6.07) is 26.9. The second kappa shape index (κ2) is 16.0. The molecule has 0 heterocycles. The van der Waals surface area contributed by atoms with Gasteiger partial charge < -0.3 is 15.0 Å². The minimum atomic E-state index is -4.23. The molecule has 0 aliphatic heterocycles. The third-order valence-corrected chi connectivity index (χ3v) is 9.94. The molecular weight excluding hydrogens is 634 g/mol. The number of amides is 2. The van der Waals surface area contributed by atoms with Crippen molar-refractivity contribution in [2.24, 2.45) is 5.92 Å². The van der Waals surface area contributed by atoms with E-state index in [1.165, 1.54) is 29.2 Å². The number of methoxy groups -OCH3 is 1. The quantitative estimate of drug-likeness (QED) is 0.163. The molecule has 2 amide bonds. The fourth-order valence-corrected chi connectivity index (χ4v) is 6.62. The van der Waals surface area contributed by atoms with Gasteiger partial charge >= 0.3 is 0 Å². The van der Waals surface area contributed by atoms with E-state index in [2.05, 4.69) is 5.32 Å². The predicted molar refractivity (Wildman–Crippen MR) is 187 cm³/mol. The first-order chi connectivity index (χ1) is 22.4. The highest BCUT2D eigenvalue weighted by Gasteiger charge is 2.35. The van der Waals surface area contributed by atoms with Crippen molar-refractivity contribution in [3.05, 3.63) is 124 Å². The molecule has 0 unspecified atom stereocenters. The third kappa shape index (κ3) is 9.36. The highest BCUT2D eigenvalue weighted by molar-refractivity contribution is 7.92. The third-order valence-electron chi connectivity index (χ3n) is 7.90. The van der Waals surface area contributed by atoms with Gasteiger partial charge in [-0.3, -0.25) is 13.9 Å². The number of ether oxygens (including phenoxy) is 1. The minimum absolute atomic E-state index is 0.0113. The van der Waals surface area contributed by atoms with E-state index >= 15 is 0 Å². The first-order valence-corrected chi connectivity index (χ1v) is 17.3. The topological polar surface area (TPSA) is 96.0 Å². The van der Waals surface area contributed by atoms with E-state index in [4.69, 9.17) is 16.3 Å². The van der Waals surface area contributed by atoms with Crippen LogP contribution in [-0.4, -0.2) is 51.4 Å². The van der Waals surface area contributed by atoms with E-state index in [0.717, 1.165) is 26.6 Å². The Labute approximate surface area is 283 Å². The van der Waals surface area contributed by atoms with Gasteiger partial charge in [0, 0.05) is 24.5 Å². The minimum Gasteiger partial charge on any atom is -0.497 e. The molecule has 0 bridgehead atoms. The van der Waals surface area contributed by atoms with Gasteiger partial charge in [-0.05, 0) is 90.6 Å². The molecule has 0 saturated carbocycles. The standard InChI is InChI=1S/C37H42ClN3O5S/c1-26(2)23-39-37(43)35(22-29-10-7-6-8-11-29)40(24-30-12-9-13-33(21-30)46-5)36(42)25-41(32-17-14-27(3)28(4)20-32)47(44,45)34-18-15-31(38)16-19-34/h6-21,26,35H,22-25H2,1-5H3,(H,39,43)/t35-/m0/s1. The number of nitrogens with zero attached hydrogens (tertiary/aromatic N) is 2. The van der Waals surface area contributed by atoms with Crippen LogP contribution in [0.1, 0.15) is 36.1 Å². The second-order valence-corrected chi connectivity index (χ2v) is 14.3. The molecule has 0 saturated heterocycles. The highest BCUT2D eigenvalue weighted by Crippen LogP contribution is 2.28. The molecule has 0 fully saturated rings. The number of carbonyl (C=O) groups excluding carboxylic acids is 2. The Hall–Kier alpha value is -4.34. The normalized spacial score (nSPS) is 12.0. The fourth-order valence-electron chi connectivity index (χ4n) is 5.09. The number of hydrogen-bond donors (Lipinski definition) is 1. The molecule has 10 heteroatoms. The Balaban J connectivity index is 1.82. The van der Waals surface area contributed by atoms with E-state index in [9.17, 15) is 18.0 Å². The van der Waals surface area contributed by atoms with Crippen molar-refractivity contribution in [1.82, 2.24) is 10.2 Å². The largest absolute Gasteiger partial charge is 0.497 e. The number of halogens is 1. The summed E-state index contributed by atoms with van der Waals surface area (Å²) in [6.07, 6.45) is 0.230. The molecule has 1 atom stereocenters. The van der Waals surface area contributed by atoms with Gasteiger partial charge in [0.15, 0.2) is 0 Å². The summed E-state index contributed by atoms with van der Waals surface area (Å²) < 4.78 is 35.0. The molecule has 47 heavy (non-hydrogen) atoms. The lowest BCUT2D eigenvalue weighted by molar-refractivity contribution is -0.140. The summed E-state index contributed by atoms with van der Waals surface area (Å²) in [7, 11) is -2.67. The molecule has 248 valence electrons. The molecule has 4 aromatic carbocycles. The predicted octanol–water partition coefficient (Wildman–Crippen LogP) is 6.57. The van der Waals surface area contributed by atoms with Crippen LogP contribution >= 0.6 is 11.6 Å². The van der Waals surface area contributed by atoms with Crippen molar-refractivity contribution >= 4 is 39.1 Å². The number of aryl methyl sites for hydroxylation is 2. The average molecular weight is 676 g/mol. The van der Waals surface area contributed by atoms with Gasteiger partial charge in [-0.15, -0.1) is 0 Å². The van der Waals surface area contributed by atoms with Crippen molar-refractivity contribution in [3.8, 4) is 5.75 Å². The van der Waals surface area contributed by atoms with Crippen LogP contribution in [0.4, 0.5) is 5.69 Å². The molecule has 0 spiro atoms. The number of hydrogen-bond acceptors (Lipinski definition) is 5. The Kier molecular flexibility index (Phi) is 12.1. The molecule has 0 aliphatic carbocycles. The first kappa shape index (κ1) is 35.5. The van der Waals surface area contributed by atoms with E-state index in [-0.39, 0.29) is 29.7 Å². The molecular formula is C37H42ClN3O5S. The van der Waals surface area contributed by atoms with Crippen LogP contribution in [0, 0.1) is 19.8 Å². The van der Waals surface area contributed by atoms with Crippen LogP contribution in [0.3, 0.4) is 0 Å². The summed E-state index contributed by atoms with van der Waals surface area (Å²) >= 11 is 6.08. The average Bonchev–Trinajstić information content (AvgIpc) is 3.06. The van der Waals surface area contributed by atoms with Crippen LogP contribution in [0.25, 0.3) is 0 Å². The van der Waals surface area contributed by atoms with Gasteiger partial charge in [-0.2, -0.15) is 0 Å². The summed E-state index contributed by atoms with van der Waals surface area (Å²) in [5.74, 6) is -0.0780. The molecule has 0 aliphatic rings. The molecule has 4 aromatic rings. The maximum atomic E-state index is 14.6. The van der Waals surface area contributed by atoms with E-state index in [0.29, 0.717) is 23.0 Å². The van der Waals surface area contributed by atoms with E-state index in [1.807, 2.05) is 76.2 Å². The van der Waals surface area contributed by atoms with Crippen molar-refractivity contribution in [3.63, 3.8) is 0 Å². The maximum Gasteiger partial charge on any atom is 0.264 e. The lowest BCUT2D eigenvalue weighted by Crippen LogP contribution is -2.53. The Morgan fingerprint density at radius 1 is 0.851 bits per heavy atom. The van der Waals surface area contributed by atoms with Crippen LogP contribution in [0.2, 0.25) is 5.02 Å². The molecule has 1 N–H and O–H groups in total. The smallest absolute Gasteiger partial charge is 0.264 e. The van der Waals surface area contributed by atoms with Gasteiger partial charge in [0.2, 0.25) is 11.8 Å². The van der Waals surface area contributed by atoms with Gasteiger partial charge in [0.05, 0.1) is 17.7 Å². The van der Waals surface area contributed by atoms with E-state index in [1.54, 1.807) is 31.4 Å². The molecule has 8 nitrogen and oxygen atoms in total. The summed E-state index contributed by atoms with van der Waals surface area (Å²) in [6.45, 7) is 7.74. The SMILES string of the molecule is COc1cccc(CN(C(=O)CN(c2ccc(C)c(C)c2)S(=O)(=O)c2ccc(Cl)cc2)[C@@H](Cc2ccccc2)C(=O)NCC(C)C)c1. The van der Waals surface area contributed by atoms with Gasteiger partial charge in [0.25, 0.3) is 10.0 Å². The maximum absolute atomic E-state index is 14.6. The van der Waals surface area contributed by atoms with Gasteiger partial charge in [-0.25, -0.2) is 8.42 Å². The van der Waals surface area contributed by atoms with Crippen LogP contribution in [0.15, 0.2) is 102 Å². The molecule has 0 aromatic heterocycles. The number of rotatable bonds is 14. The van der Waals surface area contributed by atoms with E-state index < -0.39 is 28.5 Å². The molecule has 0 radical (unpaired) electrons. The van der Waals surface area contributed by atoms with Crippen LogP contribution in [0.5, 0.6) is 5.75 Å². The lowest BCUT2D eigenvalue weighted by Gasteiger charge is -2.34. The lowest BCUT2D eigenvalue weighted by atomic mass is 10.0. The Morgan fingerprint density at radius 3 is 2.17 bits per heavy atom. The monoisotopic (exact) mass is 675 g/mol. The fraction of sp³-hybridized carbons (Fsp3) is 0.297. The number of sulfonamides is 1. The summed E-state index contributed by atoms with van der Waals surface area (Å²) in [5.41, 5.74) is 3.77. The van der Waals surface area contributed by atoms with Gasteiger partial charge in [-0.1, -0.05) is 74.0 Å². The molecule has 4 rings (SSSR count). The van der Waals surface area contributed by atoms with Crippen LogP contribution < -0.4 is 14.4 Å². The Morgan fingerprint density at radius 2 is 1.53 bits per heavy atom. The van der Waals surface area contributed by atoms with Crippen molar-refractivity contribution < 1.29 is 22.7 Å². The zero-order chi connectivity index (χ0) is 34.1. The number of nitrogens with one attached hydrogen (secondary N) is 1. The number of benzene rings is 4. The van der Waals surface area contributed by atoms with Crippen LogP contribution in [-0.2, 0) is 32.6 Å². The van der Waals surface area contributed by atoms with Crippen molar-refractivity contribution in [2.75, 3.05) is 24.5 Å². The van der Waals surface area contributed by atoms with Gasteiger partial charge in [0.1, 0.15) is 18.3 Å². The van der Waals surface area contributed by atoms with Crippen molar-refractivity contribution in [2.45, 2.75) is 51.6 Å². The Bertz CT molecular complexity index is 1780.